The van der Waals surface area contributed by atoms with E-state index in [1.165, 1.54) is 11.0 Å². The number of benzene rings is 1. The molecule has 0 bridgehead atoms. The first-order valence-electron chi connectivity index (χ1n) is 9.78. The number of aliphatic hydroxyl groups excluding tert-OH is 1. The number of carbonyl (C=O) groups excluding carboxylic acids is 1. The standard InChI is InChI=1S/C22H26N2O5/c1-15-9-10-17(19(26)23-15)20(27)24-13-11-18(25)22(14-24,21(28)29)12-5-8-16-6-3-2-4-7-16/h2-4,6-7,9-10,18,25H,5,8,11-14H2,1H3,(H,23,26)(H,28,29)/t18-,22-/m1/s1. The largest absolute Gasteiger partial charge is 0.481 e. The molecule has 7 heteroatoms. The van der Waals surface area contributed by atoms with Crippen LogP contribution in [0.1, 0.15) is 40.9 Å². The van der Waals surface area contributed by atoms with Gasteiger partial charge in [-0.1, -0.05) is 30.3 Å². The summed E-state index contributed by atoms with van der Waals surface area (Å²) in [7, 11) is 0. The Morgan fingerprint density at radius 1 is 1.21 bits per heavy atom. The summed E-state index contributed by atoms with van der Waals surface area (Å²) in [5, 5.41) is 20.5. The molecule has 0 unspecified atom stereocenters. The Hall–Kier alpha value is -2.93. The number of hydrogen-bond donors (Lipinski definition) is 3. The summed E-state index contributed by atoms with van der Waals surface area (Å²) in [6, 6.07) is 12.8. The van der Waals surface area contributed by atoms with Crippen LogP contribution in [0.3, 0.4) is 0 Å². The number of carbonyl (C=O) groups is 2. The number of nitrogens with zero attached hydrogens (tertiary/aromatic N) is 1. The second-order valence-electron chi connectivity index (χ2n) is 7.72. The number of carboxylic acids is 1. The summed E-state index contributed by atoms with van der Waals surface area (Å²) in [4.78, 5) is 41.2. The van der Waals surface area contributed by atoms with Crippen LogP contribution < -0.4 is 5.56 Å². The van der Waals surface area contributed by atoms with Gasteiger partial charge < -0.3 is 20.1 Å². The monoisotopic (exact) mass is 398 g/mol. The number of rotatable bonds is 6. The minimum atomic E-state index is -1.44. The van der Waals surface area contributed by atoms with Gasteiger partial charge in [0.25, 0.3) is 11.5 Å². The van der Waals surface area contributed by atoms with Crippen LogP contribution in [0, 0.1) is 12.3 Å². The van der Waals surface area contributed by atoms with Crippen LogP contribution in [0.25, 0.3) is 0 Å². The van der Waals surface area contributed by atoms with Crippen LogP contribution >= 0.6 is 0 Å². The Balaban J connectivity index is 1.78. The maximum atomic E-state index is 12.9. The predicted octanol–water partition coefficient (Wildman–Crippen LogP) is 1.98. The highest BCUT2D eigenvalue weighted by Gasteiger charge is 2.49. The first-order chi connectivity index (χ1) is 13.8. The molecule has 0 spiro atoms. The van der Waals surface area contributed by atoms with Gasteiger partial charge in [-0.15, -0.1) is 0 Å². The van der Waals surface area contributed by atoms with E-state index >= 15 is 0 Å². The number of carboxylic acid groups (broad SMARTS) is 1. The Bertz CT molecular complexity index is 940. The number of aryl methyl sites for hydroxylation is 2. The Morgan fingerprint density at radius 2 is 1.93 bits per heavy atom. The fraction of sp³-hybridized carbons (Fsp3) is 0.409. The van der Waals surface area contributed by atoms with Gasteiger partial charge >= 0.3 is 5.97 Å². The summed E-state index contributed by atoms with van der Waals surface area (Å²) >= 11 is 0. The van der Waals surface area contributed by atoms with Crippen LogP contribution in [-0.2, 0) is 11.2 Å². The van der Waals surface area contributed by atoms with Gasteiger partial charge in [-0.05, 0) is 50.3 Å². The molecule has 1 aromatic heterocycles. The lowest BCUT2D eigenvalue weighted by Gasteiger charge is -2.43. The van der Waals surface area contributed by atoms with Crippen molar-refractivity contribution in [2.75, 3.05) is 13.1 Å². The highest BCUT2D eigenvalue weighted by molar-refractivity contribution is 5.94. The van der Waals surface area contributed by atoms with E-state index in [4.69, 9.17) is 0 Å². The van der Waals surface area contributed by atoms with E-state index in [9.17, 15) is 24.6 Å². The van der Waals surface area contributed by atoms with E-state index in [1.54, 1.807) is 13.0 Å². The number of aliphatic carboxylic acids is 1. The molecule has 154 valence electrons. The fourth-order valence-electron chi connectivity index (χ4n) is 3.98. The molecule has 1 saturated heterocycles. The first kappa shape index (κ1) is 20.8. The SMILES string of the molecule is Cc1ccc(C(=O)N2CC[C@@H](O)[C@](CCCc3ccccc3)(C(=O)O)C2)c(=O)[nH]1. The molecule has 0 aliphatic carbocycles. The third-order valence-electron chi connectivity index (χ3n) is 5.71. The van der Waals surface area contributed by atoms with Crippen molar-refractivity contribution >= 4 is 11.9 Å². The molecule has 3 rings (SSSR count). The van der Waals surface area contributed by atoms with Crippen LogP contribution in [0.4, 0.5) is 0 Å². The zero-order chi connectivity index (χ0) is 21.0. The van der Waals surface area contributed by atoms with E-state index < -0.39 is 29.0 Å². The Kier molecular flexibility index (Phi) is 6.17. The number of aliphatic hydroxyl groups is 1. The molecule has 7 nitrogen and oxygen atoms in total. The number of piperidine rings is 1. The fourth-order valence-corrected chi connectivity index (χ4v) is 3.98. The third-order valence-corrected chi connectivity index (χ3v) is 5.71. The van der Waals surface area contributed by atoms with Gasteiger partial charge in [0.15, 0.2) is 0 Å². The summed E-state index contributed by atoms with van der Waals surface area (Å²) in [6.07, 6.45) is 0.616. The summed E-state index contributed by atoms with van der Waals surface area (Å²) in [6.45, 7) is 1.81. The van der Waals surface area contributed by atoms with Crippen molar-refractivity contribution in [1.29, 1.82) is 0 Å². The number of amides is 1. The van der Waals surface area contributed by atoms with Crippen LogP contribution in [0.5, 0.6) is 0 Å². The second kappa shape index (κ2) is 8.61. The van der Waals surface area contributed by atoms with Gasteiger partial charge in [0.1, 0.15) is 11.0 Å². The van der Waals surface area contributed by atoms with Gasteiger partial charge in [0.05, 0.1) is 6.10 Å². The van der Waals surface area contributed by atoms with E-state index in [0.717, 1.165) is 5.56 Å². The van der Waals surface area contributed by atoms with Crippen molar-refractivity contribution < 1.29 is 19.8 Å². The van der Waals surface area contributed by atoms with Crippen molar-refractivity contribution in [3.05, 3.63) is 69.6 Å². The van der Waals surface area contributed by atoms with Crippen molar-refractivity contribution in [3.8, 4) is 0 Å². The highest BCUT2D eigenvalue weighted by atomic mass is 16.4. The van der Waals surface area contributed by atoms with Crippen molar-refractivity contribution in [2.45, 2.75) is 38.7 Å². The lowest BCUT2D eigenvalue weighted by molar-refractivity contribution is -0.162. The molecule has 1 aliphatic heterocycles. The number of likely N-dealkylation sites (tertiary alicyclic amines) is 1. The molecule has 0 radical (unpaired) electrons. The number of hydrogen-bond acceptors (Lipinski definition) is 4. The molecular weight excluding hydrogens is 372 g/mol. The van der Waals surface area contributed by atoms with E-state index in [2.05, 4.69) is 4.98 Å². The lowest BCUT2D eigenvalue weighted by atomic mass is 9.73. The average molecular weight is 398 g/mol. The number of aromatic nitrogens is 1. The molecule has 3 N–H and O–H groups in total. The maximum Gasteiger partial charge on any atom is 0.314 e. The van der Waals surface area contributed by atoms with E-state index in [-0.39, 0.29) is 31.5 Å². The second-order valence-corrected chi connectivity index (χ2v) is 7.72. The maximum absolute atomic E-state index is 12.9. The molecule has 1 aliphatic rings. The van der Waals surface area contributed by atoms with Crippen LogP contribution in [-0.4, -0.2) is 51.2 Å². The number of H-pyrrole nitrogens is 1. The predicted molar refractivity (Wildman–Crippen MR) is 108 cm³/mol. The highest BCUT2D eigenvalue weighted by Crippen LogP contribution is 2.36. The van der Waals surface area contributed by atoms with Gasteiger partial charge in [0.2, 0.25) is 0 Å². The molecule has 2 atom stereocenters. The normalized spacial score (nSPS) is 21.7. The first-order valence-corrected chi connectivity index (χ1v) is 9.78. The minimum Gasteiger partial charge on any atom is -0.481 e. The zero-order valence-electron chi connectivity index (χ0n) is 16.4. The molecule has 0 saturated carbocycles. The molecular formula is C22H26N2O5. The van der Waals surface area contributed by atoms with Crippen molar-refractivity contribution in [1.82, 2.24) is 9.88 Å². The van der Waals surface area contributed by atoms with Gasteiger partial charge in [-0.3, -0.25) is 14.4 Å². The molecule has 2 aromatic rings. The molecule has 1 amide bonds. The molecule has 1 aromatic carbocycles. The quantitative estimate of drug-likeness (QED) is 0.689. The van der Waals surface area contributed by atoms with Crippen LogP contribution in [0.2, 0.25) is 0 Å². The topological polar surface area (TPSA) is 111 Å². The van der Waals surface area contributed by atoms with E-state index in [0.29, 0.717) is 18.5 Å². The molecule has 1 fully saturated rings. The van der Waals surface area contributed by atoms with Gasteiger partial charge in [-0.2, -0.15) is 0 Å². The average Bonchev–Trinajstić information content (AvgIpc) is 2.69. The zero-order valence-corrected chi connectivity index (χ0v) is 16.4. The summed E-state index contributed by atoms with van der Waals surface area (Å²) < 4.78 is 0. The van der Waals surface area contributed by atoms with Gasteiger partial charge in [-0.25, -0.2) is 0 Å². The van der Waals surface area contributed by atoms with Crippen molar-refractivity contribution in [3.63, 3.8) is 0 Å². The number of nitrogens with one attached hydrogen (secondary N) is 1. The van der Waals surface area contributed by atoms with Gasteiger partial charge in [0, 0.05) is 18.8 Å². The third kappa shape index (κ3) is 4.40. The Morgan fingerprint density at radius 3 is 2.59 bits per heavy atom. The Labute approximate surface area is 169 Å². The summed E-state index contributed by atoms with van der Waals surface area (Å²) in [5.41, 5.74) is -0.222. The molecule has 2 heterocycles. The number of aromatic amines is 1. The molecule has 29 heavy (non-hydrogen) atoms. The lowest BCUT2D eigenvalue weighted by Crippen LogP contribution is -2.57. The van der Waals surface area contributed by atoms with Crippen LogP contribution in [0.15, 0.2) is 47.3 Å². The van der Waals surface area contributed by atoms with Crippen molar-refractivity contribution in [2.24, 2.45) is 5.41 Å². The minimum absolute atomic E-state index is 0.0180. The smallest absolute Gasteiger partial charge is 0.314 e. The summed E-state index contributed by atoms with van der Waals surface area (Å²) in [5.74, 6) is -1.62. The van der Waals surface area contributed by atoms with E-state index in [1.807, 2.05) is 30.3 Å². The number of pyridine rings is 1.